The van der Waals surface area contributed by atoms with Crippen molar-refractivity contribution in [3.63, 3.8) is 0 Å². The van der Waals surface area contributed by atoms with Gasteiger partial charge in [0.05, 0.1) is 12.3 Å². The van der Waals surface area contributed by atoms with E-state index in [9.17, 15) is 12.8 Å². The average Bonchev–Trinajstić information content (AvgIpc) is 2.41. The van der Waals surface area contributed by atoms with Gasteiger partial charge in [0.2, 0.25) is 0 Å². The fraction of sp³-hybridized carbons (Fsp3) is 0.154. The number of benzene rings is 1. The summed E-state index contributed by atoms with van der Waals surface area (Å²) in [5, 5.41) is 9.01. The number of halogens is 1. The quantitative estimate of drug-likeness (QED) is 0.902. The van der Waals surface area contributed by atoms with Crippen molar-refractivity contribution in [3.05, 3.63) is 53.6 Å². The normalized spacial score (nSPS) is 11.3. The molecule has 106 valence electrons. The van der Waals surface area contributed by atoms with E-state index in [4.69, 9.17) is 5.11 Å². The Balaban J connectivity index is 2.43. The molecule has 0 amide bonds. The van der Waals surface area contributed by atoms with Crippen molar-refractivity contribution < 1.29 is 17.9 Å². The number of nitrogens with one attached hydrogen (secondary N) is 1. The summed E-state index contributed by atoms with van der Waals surface area (Å²) in [6.45, 7) is 1.32. The molecule has 5 nitrogen and oxygen atoms in total. The Bertz CT molecular complexity index is 732. The minimum absolute atomic E-state index is 0.318. The van der Waals surface area contributed by atoms with Crippen LogP contribution in [0.25, 0.3) is 0 Å². The Labute approximate surface area is 116 Å². The van der Waals surface area contributed by atoms with Gasteiger partial charge in [-0.3, -0.25) is 9.71 Å². The van der Waals surface area contributed by atoms with Gasteiger partial charge in [-0.05, 0) is 36.2 Å². The van der Waals surface area contributed by atoms with Crippen LogP contribution in [0.1, 0.15) is 11.1 Å². The SMILES string of the molecule is Cc1cnccc1NS(=O)(=O)c1cc(CO)ccc1F. The van der Waals surface area contributed by atoms with Crippen LogP contribution in [0.4, 0.5) is 10.1 Å². The van der Waals surface area contributed by atoms with Crippen LogP contribution in [-0.4, -0.2) is 18.5 Å². The van der Waals surface area contributed by atoms with Crippen LogP contribution in [0, 0.1) is 12.7 Å². The first-order chi connectivity index (χ1) is 9.44. The highest BCUT2D eigenvalue weighted by atomic mass is 32.2. The summed E-state index contributed by atoms with van der Waals surface area (Å²) in [4.78, 5) is 3.35. The van der Waals surface area contributed by atoms with Gasteiger partial charge in [-0.25, -0.2) is 12.8 Å². The highest BCUT2D eigenvalue weighted by molar-refractivity contribution is 7.92. The van der Waals surface area contributed by atoms with Crippen LogP contribution in [0.5, 0.6) is 0 Å². The van der Waals surface area contributed by atoms with E-state index < -0.39 is 20.7 Å². The zero-order valence-electron chi connectivity index (χ0n) is 10.7. The number of hydrogen-bond donors (Lipinski definition) is 2. The second-order valence-electron chi connectivity index (χ2n) is 4.22. The predicted octanol–water partition coefficient (Wildman–Crippen LogP) is 1.82. The first-order valence-corrected chi connectivity index (χ1v) is 7.25. The highest BCUT2D eigenvalue weighted by Gasteiger charge is 2.20. The summed E-state index contributed by atoms with van der Waals surface area (Å²) in [6, 6.07) is 4.93. The van der Waals surface area contributed by atoms with Crippen LogP contribution in [0.3, 0.4) is 0 Å². The van der Waals surface area contributed by atoms with Crippen molar-refractivity contribution in [1.29, 1.82) is 0 Å². The van der Waals surface area contributed by atoms with Gasteiger partial charge in [-0.15, -0.1) is 0 Å². The first-order valence-electron chi connectivity index (χ1n) is 5.77. The Kier molecular flexibility index (Phi) is 4.01. The van der Waals surface area contributed by atoms with Gasteiger partial charge in [0.25, 0.3) is 10.0 Å². The van der Waals surface area contributed by atoms with E-state index in [0.29, 0.717) is 16.8 Å². The van der Waals surface area contributed by atoms with Crippen LogP contribution in [0.2, 0.25) is 0 Å². The van der Waals surface area contributed by atoms with Crippen LogP contribution in [0.15, 0.2) is 41.6 Å². The van der Waals surface area contributed by atoms with Gasteiger partial charge in [0, 0.05) is 12.4 Å². The van der Waals surface area contributed by atoms with Crippen molar-refractivity contribution >= 4 is 15.7 Å². The van der Waals surface area contributed by atoms with Crippen LogP contribution < -0.4 is 4.72 Å². The van der Waals surface area contributed by atoms with Gasteiger partial charge in [-0.2, -0.15) is 0 Å². The van der Waals surface area contributed by atoms with Gasteiger partial charge >= 0.3 is 0 Å². The van der Waals surface area contributed by atoms with Crippen molar-refractivity contribution in [2.75, 3.05) is 4.72 Å². The maximum Gasteiger partial charge on any atom is 0.264 e. The summed E-state index contributed by atoms with van der Waals surface area (Å²) < 4.78 is 40.4. The van der Waals surface area contributed by atoms with Crippen LogP contribution in [-0.2, 0) is 16.6 Å². The molecule has 2 aromatic rings. The second-order valence-corrected chi connectivity index (χ2v) is 5.87. The van der Waals surface area contributed by atoms with E-state index >= 15 is 0 Å². The molecule has 1 aromatic carbocycles. The van der Waals surface area contributed by atoms with E-state index in [1.54, 1.807) is 6.92 Å². The maximum atomic E-state index is 13.7. The van der Waals surface area contributed by atoms with Gasteiger partial charge in [0.15, 0.2) is 0 Å². The molecule has 0 aliphatic carbocycles. The number of sulfonamides is 1. The molecule has 0 aliphatic heterocycles. The fourth-order valence-corrected chi connectivity index (χ4v) is 2.90. The lowest BCUT2D eigenvalue weighted by molar-refractivity contribution is 0.281. The Morgan fingerprint density at radius 2 is 2.10 bits per heavy atom. The zero-order chi connectivity index (χ0) is 14.8. The van der Waals surface area contributed by atoms with Gasteiger partial charge < -0.3 is 5.11 Å². The third kappa shape index (κ3) is 2.94. The molecular formula is C13H13FN2O3S. The number of aliphatic hydroxyl groups is 1. The van der Waals surface area contributed by atoms with Gasteiger partial charge in [0.1, 0.15) is 10.7 Å². The summed E-state index contributed by atoms with van der Waals surface area (Å²) >= 11 is 0. The molecule has 2 rings (SSSR count). The molecule has 0 fully saturated rings. The van der Waals surface area contributed by atoms with E-state index in [0.717, 1.165) is 12.1 Å². The number of aryl methyl sites for hydroxylation is 1. The molecule has 2 N–H and O–H groups in total. The lowest BCUT2D eigenvalue weighted by Gasteiger charge is -2.11. The molecule has 7 heteroatoms. The number of aromatic nitrogens is 1. The molecule has 0 saturated carbocycles. The largest absolute Gasteiger partial charge is 0.392 e. The van der Waals surface area contributed by atoms with E-state index in [2.05, 4.69) is 9.71 Å². The number of anilines is 1. The molecular weight excluding hydrogens is 283 g/mol. The summed E-state index contributed by atoms with van der Waals surface area (Å²) in [5.41, 5.74) is 1.27. The molecule has 20 heavy (non-hydrogen) atoms. The Hall–Kier alpha value is -1.99. The van der Waals surface area contributed by atoms with Crippen LogP contribution >= 0.6 is 0 Å². The van der Waals surface area contributed by atoms with Crippen molar-refractivity contribution in [3.8, 4) is 0 Å². The van der Waals surface area contributed by atoms with Gasteiger partial charge in [-0.1, -0.05) is 6.07 Å². The molecule has 0 bridgehead atoms. The lowest BCUT2D eigenvalue weighted by atomic mass is 10.2. The van der Waals surface area contributed by atoms with E-state index in [1.165, 1.54) is 24.5 Å². The standard InChI is InChI=1S/C13H13FN2O3S/c1-9-7-15-5-4-12(9)16-20(18,19)13-6-10(8-17)2-3-11(13)14/h2-7,17H,8H2,1H3,(H,15,16). The van der Waals surface area contributed by atoms with E-state index in [1.807, 2.05) is 0 Å². The number of hydrogen-bond acceptors (Lipinski definition) is 4. The second kappa shape index (κ2) is 5.56. The van der Waals surface area contributed by atoms with Crippen molar-refractivity contribution in [2.45, 2.75) is 18.4 Å². The fourth-order valence-electron chi connectivity index (χ4n) is 1.64. The minimum Gasteiger partial charge on any atom is -0.392 e. The summed E-state index contributed by atoms with van der Waals surface area (Å²) in [5.74, 6) is -0.874. The number of pyridine rings is 1. The summed E-state index contributed by atoms with van der Waals surface area (Å²) in [7, 11) is -4.06. The predicted molar refractivity (Wildman–Crippen MR) is 72.1 cm³/mol. The maximum absolute atomic E-state index is 13.7. The third-order valence-corrected chi connectivity index (χ3v) is 4.11. The average molecular weight is 296 g/mol. The number of rotatable bonds is 4. The van der Waals surface area contributed by atoms with Crippen molar-refractivity contribution in [2.24, 2.45) is 0 Å². The zero-order valence-corrected chi connectivity index (χ0v) is 11.5. The minimum atomic E-state index is -4.06. The Morgan fingerprint density at radius 1 is 1.35 bits per heavy atom. The lowest BCUT2D eigenvalue weighted by Crippen LogP contribution is -2.15. The smallest absolute Gasteiger partial charge is 0.264 e. The Morgan fingerprint density at radius 3 is 2.75 bits per heavy atom. The molecule has 1 heterocycles. The number of aliphatic hydroxyl groups excluding tert-OH is 1. The molecule has 0 unspecified atom stereocenters. The molecule has 0 radical (unpaired) electrons. The molecule has 0 aliphatic rings. The molecule has 0 saturated heterocycles. The van der Waals surface area contributed by atoms with Crippen molar-refractivity contribution in [1.82, 2.24) is 4.98 Å². The third-order valence-electron chi connectivity index (χ3n) is 2.73. The topological polar surface area (TPSA) is 79.3 Å². The molecule has 0 spiro atoms. The monoisotopic (exact) mass is 296 g/mol. The van der Waals surface area contributed by atoms with E-state index in [-0.39, 0.29) is 6.61 Å². The first kappa shape index (κ1) is 14.4. The highest BCUT2D eigenvalue weighted by Crippen LogP contribution is 2.21. The number of nitrogens with zero attached hydrogens (tertiary/aromatic N) is 1. The molecule has 1 aromatic heterocycles. The molecule has 0 atom stereocenters. The summed E-state index contributed by atoms with van der Waals surface area (Å²) in [6.07, 6.45) is 2.93.